The van der Waals surface area contributed by atoms with Gasteiger partial charge in [0.2, 0.25) is 0 Å². The molecule has 1 heterocycles. The predicted octanol–water partition coefficient (Wildman–Crippen LogP) is 3.29. The van der Waals surface area contributed by atoms with Crippen LogP contribution in [0.25, 0.3) is 11.0 Å². The van der Waals surface area contributed by atoms with E-state index in [-0.39, 0.29) is 12.6 Å². The summed E-state index contributed by atoms with van der Waals surface area (Å²) in [5.74, 6) is 0.499. The summed E-state index contributed by atoms with van der Waals surface area (Å²) < 4.78 is 7.04. The lowest BCUT2D eigenvalue weighted by Gasteiger charge is -2.06. The van der Waals surface area contributed by atoms with Gasteiger partial charge in [-0.05, 0) is 43.0 Å². The van der Waals surface area contributed by atoms with E-state index in [0.717, 1.165) is 23.3 Å². The van der Waals surface area contributed by atoms with Gasteiger partial charge < -0.3 is 9.30 Å². The molecular formula is C16H22N2O2. The lowest BCUT2D eigenvalue weighted by Crippen LogP contribution is -2.04. The molecule has 4 nitrogen and oxygen atoms in total. The molecule has 0 atom stereocenters. The molecule has 2 aromatic rings. The summed E-state index contributed by atoms with van der Waals surface area (Å²) in [7, 11) is 1.96. The van der Waals surface area contributed by atoms with E-state index >= 15 is 0 Å². The molecule has 1 aromatic heterocycles. The van der Waals surface area contributed by atoms with E-state index in [1.807, 2.05) is 11.6 Å². The highest BCUT2D eigenvalue weighted by atomic mass is 16.5. The van der Waals surface area contributed by atoms with E-state index in [1.165, 1.54) is 30.9 Å². The number of hydrogen-bond acceptors (Lipinski definition) is 3. The quantitative estimate of drug-likeness (QED) is 0.786. The third-order valence-electron chi connectivity index (χ3n) is 3.64. The fourth-order valence-corrected chi connectivity index (χ4v) is 2.37. The number of carbonyl (C=O) groups excluding carboxylic acids is 1. The molecule has 0 saturated carbocycles. The lowest BCUT2D eigenvalue weighted by atomic mass is 10.0. The fourth-order valence-electron chi connectivity index (χ4n) is 2.37. The van der Waals surface area contributed by atoms with Gasteiger partial charge in [-0.2, -0.15) is 0 Å². The van der Waals surface area contributed by atoms with Crippen molar-refractivity contribution in [3.8, 4) is 0 Å². The van der Waals surface area contributed by atoms with E-state index in [2.05, 4.69) is 31.0 Å². The monoisotopic (exact) mass is 274 g/mol. The number of nitrogens with zero attached hydrogens (tertiary/aromatic N) is 2. The Bertz CT molecular complexity index is 629. The highest BCUT2D eigenvalue weighted by Crippen LogP contribution is 2.22. The first-order valence-corrected chi connectivity index (χ1v) is 7.11. The van der Waals surface area contributed by atoms with E-state index in [9.17, 15) is 4.79 Å². The van der Waals surface area contributed by atoms with Crippen LogP contribution >= 0.6 is 0 Å². The average molecular weight is 274 g/mol. The molecule has 0 saturated heterocycles. The number of imidazole rings is 1. The van der Waals surface area contributed by atoms with Crippen LogP contribution in [0.1, 0.15) is 43.6 Å². The van der Waals surface area contributed by atoms with Crippen LogP contribution in [-0.4, -0.2) is 15.5 Å². The predicted molar refractivity (Wildman–Crippen MR) is 79.5 cm³/mol. The maximum Gasteiger partial charge on any atom is 0.303 e. The Morgan fingerprint density at radius 1 is 1.40 bits per heavy atom. The van der Waals surface area contributed by atoms with Crippen molar-refractivity contribution in [1.29, 1.82) is 0 Å². The molecule has 1 aromatic carbocycles. The minimum Gasteiger partial charge on any atom is -0.458 e. The van der Waals surface area contributed by atoms with Crippen LogP contribution in [0.2, 0.25) is 0 Å². The number of unbranched alkanes of at least 4 members (excludes halogenated alkanes) is 1. The number of benzene rings is 1. The minimum absolute atomic E-state index is 0.226. The van der Waals surface area contributed by atoms with Gasteiger partial charge in [0.15, 0.2) is 0 Å². The molecular weight excluding hydrogens is 252 g/mol. The fraction of sp³-hybridized carbons (Fsp3) is 0.500. The number of esters is 1. The maximum absolute atomic E-state index is 10.9. The Labute approximate surface area is 119 Å². The SMILES string of the molecule is CCCCc1cc2nc(COC(C)=O)n(C)c2cc1C. The van der Waals surface area contributed by atoms with Crippen LogP contribution in [0, 0.1) is 6.92 Å². The number of aryl methyl sites for hydroxylation is 3. The Balaban J connectivity index is 2.35. The van der Waals surface area contributed by atoms with Gasteiger partial charge >= 0.3 is 5.97 Å². The average Bonchev–Trinajstić information content (AvgIpc) is 2.70. The van der Waals surface area contributed by atoms with Crippen molar-refractivity contribution in [2.24, 2.45) is 7.05 Å². The highest BCUT2D eigenvalue weighted by Gasteiger charge is 2.11. The molecule has 0 unspecified atom stereocenters. The second kappa shape index (κ2) is 6.07. The molecule has 0 bridgehead atoms. The third kappa shape index (κ3) is 3.00. The zero-order valence-electron chi connectivity index (χ0n) is 12.7. The molecule has 0 fully saturated rings. The summed E-state index contributed by atoms with van der Waals surface area (Å²) in [5, 5.41) is 0. The highest BCUT2D eigenvalue weighted by molar-refractivity contribution is 5.78. The van der Waals surface area contributed by atoms with Gasteiger partial charge in [0.25, 0.3) is 0 Å². The Hall–Kier alpha value is -1.84. The minimum atomic E-state index is -0.281. The van der Waals surface area contributed by atoms with Crippen molar-refractivity contribution >= 4 is 17.0 Å². The van der Waals surface area contributed by atoms with Gasteiger partial charge in [-0.1, -0.05) is 13.3 Å². The van der Waals surface area contributed by atoms with Gasteiger partial charge in [0.1, 0.15) is 12.4 Å². The molecule has 0 aliphatic rings. The number of carbonyl (C=O) groups is 1. The molecule has 0 spiro atoms. The van der Waals surface area contributed by atoms with Gasteiger partial charge in [-0.3, -0.25) is 4.79 Å². The number of aromatic nitrogens is 2. The van der Waals surface area contributed by atoms with Gasteiger partial charge in [-0.15, -0.1) is 0 Å². The first kappa shape index (κ1) is 14.6. The molecule has 2 rings (SSSR count). The molecule has 0 aliphatic carbocycles. The number of hydrogen-bond donors (Lipinski definition) is 0. The second-order valence-electron chi connectivity index (χ2n) is 5.24. The summed E-state index contributed by atoms with van der Waals surface area (Å²) in [6.07, 6.45) is 3.48. The molecule has 0 aliphatic heterocycles. The van der Waals surface area contributed by atoms with Crippen LogP contribution in [0.5, 0.6) is 0 Å². The van der Waals surface area contributed by atoms with Crippen LogP contribution in [0.3, 0.4) is 0 Å². The molecule has 20 heavy (non-hydrogen) atoms. The first-order chi connectivity index (χ1) is 9.52. The van der Waals surface area contributed by atoms with Crippen molar-refractivity contribution in [1.82, 2.24) is 9.55 Å². The van der Waals surface area contributed by atoms with Crippen LogP contribution in [0.4, 0.5) is 0 Å². The Morgan fingerprint density at radius 2 is 2.15 bits per heavy atom. The van der Waals surface area contributed by atoms with Gasteiger partial charge in [0, 0.05) is 14.0 Å². The first-order valence-electron chi connectivity index (χ1n) is 7.11. The Kier molecular flexibility index (Phi) is 4.42. The number of rotatable bonds is 5. The Morgan fingerprint density at radius 3 is 2.80 bits per heavy atom. The zero-order valence-corrected chi connectivity index (χ0v) is 12.7. The zero-order chi connectivity index (χ0) is 14.7. The number of ether oxygens (including phenoxy) is 1. The normalized spacial score (nSPS) is 11.0. The smallest absolute Gasteiger partial charge is 0.303 e. The summed E-state index contributed by atoms with van der Waals surface area (Å²) >= 11 is 0. The summed E-state index contributed by atoms with van der Waals surface area (Å²) in [5.41, 5.74) is 4.72. The van der Waals surface area contributed by atoms with Crippen molar-refractivity contribution in [3.63, 3.8) is 0 Å². The summed E-state index contributed by atoms with van der Waals surface area (Å²) in [4.78, 5) is 15.5. The third-order valence-corrected chi connectivity index (χ3v) is 3.64. The summed E-state index contributed by atoms with van der Waals surface area (Å²) in [6, 6.07) is 4.34. The van der Waals surface area contributed by atoms with Gasteiger partial charge in [-0.25, -0.2) is 4.98 Å². The van der Waals surface area contributed by atoms with Crippen LogP contribution in [0.15, 0.2) is 12.1 Å². The van der Waals surface area contributed by atoms with E-state index in [0.29, 0.717) is 0 Å². The molecule has 108 valence electrons. The largest absolute Gasteiger partial charge is 0.458 e. The van der Waals surface area contributed by atoms with Crippen LogP contribution < -0.4 is 0 Å². The second-order valence-corrected chi connectivity index (χ2v) is 5.24. The molecule has 0 radical (unpaired) electrons. The van der Waals surface area contributed by atoms with Crippen molar-refractivity contribution in [3.05, 3.63) is 29.1 Å². The van der Waals surface area contributed by atoms with Crippen LogP contribution in [-0.2, 0) is 29.6 Å². The molecule has 0 amide bonds. The van der Waals surface area contributed by atoms with Crippen molar-refractivity contribution < 1.29 is 9.53 Å². The van der Waals surface area contributed by atoms with Gasteiger partial charge in [0.05, 0.1) is 11.0 Å². The lowest BCUT2D eigenvalue weighted by molar-refractivity contribution is -0.142. The van der Waals surface area contributed by atoms with Crippen molar-refractivity contribution in [2.75, 3.05) is 0 Å². The van der Waals surface area contributed by atoms with E-state index in [4.69, 9.17) is 4.74 Å². The molecule has 0 N–H and O–H groups in total. The number of fused-ring (bicyclic) bond motifs is 1. The topological polar surface area (TPSA) is 44.1 Å². The summed E-state index contributed by atoms with van der Waals surface area (Å²) in [6.45, 7) is 5.98. The van der Waals surface area contributed by atoms with E-state index < -0.39 is 0 Å². The van der Waals surface area contributed by atoms with Crippen molar-refractivity contribution in [2.45, 2.75) is 46.6 Å². The maximum atomic E-state index is 10.9. The standard InChI is InChI=1S/C16H22N2O2/c1-5-6-7-13-9-14-15(8-11(13)2)18(4)16(17-14)10-20-12(3)19/h8-9H,5-7,10H2,1-4H3. The molecule has 4 heteroatoms. The van der Waals surface area contributed by atoms with E-state index in [1.54, 1.807) is 0 Å².